The fourth-order valence-electron chi connectivity index (χ4n) is 1.98. The van der Waals surface area contributed by atoms with Crippen molar-refractivity contribution in [2.24, 2.45) is 0 Å². The van der Waals surface area contributed by atoms with Crippen LogP contribution in [0.2, 0.25) is 0 Å². The molecular weight excluding hydrogens is 251 g/mol. The Balaban J connectivity index is 2.05. The summed E-state index contributed by atoms with van der Waals surface area (Å²) in [6.07, 6.45) is 0. The highest BCUT2D eigenvalue weighted by Crippen LogP contribution is 2.17. The lowest BCUT2D eigenvalue weighted by Gasteiger charge is -2.09. The Morgan fingerprint density at radius 2 is 1.85 bits per heavy atom. The summed E-state index contributed by atoms with van der Waals surface area (Å²) in [5.74, 6) is 0.111. The number of nitriles is 1. The van der Waals surface area contributed by atoms with Crippen LogP contribution >= 0.6 is 0 Å². The van der Waals surface area contributed by atoms with Crippen LogP contribution in [0.15, 0.2) is 42.5 Å². The van der Waals surface area contributed by atoms with Crippen LogP contribution < -0.4 is 5.32 Å². The van der Waals surface area contributed by atoms with Gasteiger partial charge in [0.15, 0.2) is 0 Å². The number of rotatable bonds is 4. The molecule has 0 radical (unpaired) electrons. The van der Waals surface area contributed by atoms with E-state index in [0.717, 1.165) is 5.56 Å². The second-order valence-electron chi connectivity index (χ2n) is 5.09. The second-order valence-corrected chi connectivity index (χ2v) is 5.09. The van der Waals surface area contributed by atoms with E-state index < -0.39 is 5.82 Å². The van der Waals surface area contributed by atoms with Crippen LogP contribution in [0.5, 0.6) is 0 Å². The predicted octanol–water partition coefficient (Wildman–Crippen LogP) is 4.43. The molecule has 2 aromatic carbocycles. The minimum atomic E-state index is -0.401. The topological polar surface area (TPSA) is 35.8 Å². The van der Waals surface area contributed by atoms with Crippen molar-refractivity contribution in [1.82, 2.24) is 0 Å². The fraction of sp³-hybridized carbons (Fsp3) is 0.235. The van der Waals surface area contributed by atoms with Crippen molar-refractivity contribution < 1.29 is 4.39 Å². The van der Waals surface area contributed by atoms with Gasteiger partial charge in [-0.1, -0.05) is 38.1 Å². The van der Waals surface area contributed by atoms with Crippen LogP contribution in [0.25, 0.3) is 0 Å². The number of hydrogen-bond donors (Lipinski definition) is 1. The number of anilines is 1. The maximum absolute atomic E-state index is 13.3. The minimum absolute atomic E-state index is 0.322. The highest BCUT2D eigenvalue weighted by molar-refractivity contribution is 5.50. The van der Waals surface area contributed by atoms with Crippen molar-refractivity contribution >= 4 is 5.69 Å². The maximum Gasteiger partial charge on any atom is 0.126 e. The third kappa shape index (κ3) is 3.58. The first-order chi connectivity index (χ1) is 9.58. The largest absolute Gasteiger partial charge is 0.381 e. The molecule has 0 saturated carbocycles. The van der Waals surface area contributed by atoms with Gasteiger partial charge >= 0.3 is 0 Å². The lowest BCUT2D eigenvalue weighted by atomic mass is 10.0. The van der Waals surface area contributed by atoms with E-state index in [2.05, 4.69) is 43.4 Å². The van der Waals surface area contributed by atoms with Gasteiger partial charge in [-0.15, -0.1) is 0 Å². The van der Waals surface area contributed by atoms with Gasteiger partial charge in [0.25, 0.3) is 0 Å². The van der Waals surface area contributed by atoms with Crippen molar-refractivity contribution in [2.75, 3.05) is 5.32 Å². The maximum atomic E-state index is 13.3. The Bertz CT molecular complexity index is 624. The number of halogens is 1. The van der Waals surface area contributed by atoms with Gasteiger partial charge in [-0.05, 0) is 35.2 Å². The van der Waals surface area contributed by atoms with E-state index in [1.54, 1.807) is 6.07 Å². The molecule has 2 aromatic rings. The van der Waals surface area contributed by atoms with Crippen molar-refractivity contribution in [3.05, 3.63) is 65.0 Å². The molecule has 3 heteroatoms. The lowest BCUT2D eigenvalue weighted by molar-refractivity contribution is 0.627. The zero-order valence-electron chi connectivity index (χ0n) is 11.7. The van der Waals surface area contributed by atoms with Gasteiger partial charge in [0.1, 0.15) is 5.82 Å². The summed E-state index contributed by atoms with van der Waals surface area (Å²) in [6, 6.07) is 14.5. The van der Waals surface area contributed by atoms with Crippen molar-refractivity contribution in [3.8, 4) is 6.07 Å². The molecule has 0 aromatic heterocycles. The molecule has 0 aliphatic heterocycles. The summed E-state index contributed by atoms with van der Waals surface area (Å²) in [6.45, 7) is 4.92. The Hall–Kier alpha value is -2.34. The fourth-order valence-corrected chi connectivity index (χ4v) is 1.98. The van der Waals surface area contributed by atoms with Crippen LogP contribution in [0.1, 0.15) is 36.5 Å². The first kappa shape index (κ1) is 14.1. The molecule has 0 fully saturated rings. The number of benzene rings is 2. The lowest BCUT2D eigenvalue weighted by Crippen LogP contribution is -2.00. The molecule has 0 amide bonds. The second kappa shape index (κ2) is 6.21. The van der Waals surface area contributed by atoms with Gasteiger partial charge in [-0.2, -0.15) is 5.26 Å². The number of nitrogens with zero attached hydrogens (tertiary/aromatic N) is 1. The molecule has 0 bridgehead atoms. The highest BCUT2D eigenvalue weighted by atomic mass is 19.1. The molecule has 2 nitrogen and oxygen atoms in total. The van der Waals surface area contributed by atoms with Crippen LogP contribution in [-0.2, 0) is 6.54 Å². The average Bonchev–Trinajstić information content (AvgIpc) is 2.45. The van der Waals surface area contributed by atoms with E-state index in [1.807, 2.05) is 6.07 Å². The molecule has 0 spiro atoms. The standard InChI is InChI=1S/C17H17FN2/c1-12(2)15-5-3-13(4-6-15)11-20-17-8-14(10-19)7-16(18)9-17/h3-9,12,20H,11H2,1-2H3. The first-order valence-electron chi connectivity index (χ1n) is 6.62. The molecule has 0 unspecified atom stereocenters. The summed E-state index contributed by atoms with van der Waals surface area (Å²) in [7, 11) is 0. The molecule has 20 heavy (non-hydrogen) atoms. The third-order valence-electron chi connectivity index (χ3n) is 3.17. The minimum Gasteiger partial charge on any atom is -0.381 e. The van der Waals surface area contributed by atoms with Crippen molar-refractivity contribution in [2.45, 2.75) is 26.3 Å². The van der Waals surface area contributed by atoms with Gasteiger partial charge in [0.05, 0.1) is 11.6 Å². The average molecular weight is 268 g/mol. The first-order valence-corrected chi connectivity index (χ1v) is 6.62. The van der Waals surface area contributed by atoms with Crippen LogP contribution in [0, 0.1) is 17.1 Å². The van der Waals surface area contributed by atoms with Gasteiger partial charge in [-0.25, -0.2) is 4.39 Å². The quantitative estimate of drug-likeness (QED) is 0.890. The van der Waals surface area contributed by atoms with E-state index in [0.29, 0.717) is 23.7 Å². The molecule has 1 N–H and O–H groups in total. The van der Waals surface area contributed by atoms with Gasteiger partial charge in [-0.3, -0.25) is 0 Å². The monoisotopic (exact) mass is 268 g/mol. The van der Waals surface area contributed by atoms with Crippen LogP contribution in [-0.4, -0.2) is 0 Å². The summed E-state index contributed by atoms with van der Waals surface area (Å²) >= 11 is 0. The van der Waals surface area contributed by atoms with Gasteiger partial charge in [0.2, 0.25) is 0 Å². The molecule has 0 heterocycles. The normalized spacial score (nSPS) is 10.3. The summed E-state index contributed by atoms with van der Waals surface area (Å²) in [5.41, 5.74) is 3.36. The molecule has 102 valence electrons. The van der Waals surface area contributed by atoms with Crippen molar-refractivity contribution in [3.63, 3.8) is 0 Å². The van der Waals surface area contributed by atoms with E-state index >= 15 is 0 Å². The zero-order chi connectivity index (χ0) is 14.5. The Morgan fingerprint density at radius 3 is 2.45 bits per heavy atom. The summed E-state index contributed by atoms with van der Waals surface area (Å²) < 4.78 is 13.3. The van der Waals surface area contributed by atoms with Crippen LogP contribution in [0.3, 0.4) is 0 Å². The molecule has 2 rings (SSSR count). The highest BCUT2D eigenvalue weighted by Gasteiger charge is 2.02. The Labute approximate surface area is 118 Å². The molecule has 0 aliphatic carbocycles. The summed E-state index contributed by atoms with van der Waals surface area (Å²) in [4.78, 5) is 0. The number of hydrogen-bond acceptors (Lipinski definition) is 2. The third-order valence-corrected chi connectivity index (χ3v) is 3.17. The Kier molecular flexibility index (Phi) is 4.37. The smallest absolute Gasteiger partial charge is 0.126 e. The van der Waals surface area contributed by atoms with Crippen molar-refractivity contribution in [1.29, 1.82) is 5.26 Å². The summed E-state index contributed by atoms with van der Waals surface area (Å²) in [5, 5.41) is 11.9. The zero-order valence-corrected chi connectivity index (χ0v) is 11.7. The van der Waals surface area contributed by atoms with E-state index in [-0.39, 0.29) is 0 Å². The molecule has 0 atom stereocenters. The van der Waals surface area contributed by atoms with Gasteiger partial charge in [0, 0.05) is 12.2 Å². The SMILES string of the molecule is CC(C)c1ccc(CNc2cc(F)cc(C#N)c2)cc1. The predicted molar refractivity (Wildman–Crippen MR) is 79.0 cm³/mol. The van der Waals surface area contributed by atoms with E-state index in [4.69, 9.17) is 5.26 Å². The molecular formula is C17H17FN2. The van der Waals surface area contributed by atoms with Gasteiger partial charge < -0.3 is 5.32 Å². The molecule has 0 saturated heterocycles. The van der Waals surface area contributed by atoms with E-state index in [1.165, 1.54) is 17.7 Å². The molecule has 0 aliphatic rings. The van der Waals surface area contributed by atoms with E-state index in [9.17, 15) is 4.39 Å². The van der Waals surface area contributed by atoms with Crippen LogP contribution in [0.4, 0.5) is 10.1 Å². The Morgan fingerprint density at radius 1 is 1.15 bits per heavy atom. The number of nitrogens with one attached hydrogen (secondary N) is 1.